The van der Waals surface area contributed by atoms with Crippen LogP contribution in [0.5, 0.6) is 0 Å². The maximum Gasteiger partial charge on any atom is 0.259 e. The molecule has 0 spiro atoms. The average molecular weight is 277 g/mol. The van der Waals surface area contributed by atoms with E-state index in [2.05, 4.69) is 15.5 Å². The van der Waals surface area contributed by atoms with Crippen molar-refractivity contribution in [3.05, 3.63) is 29.8 Å². The fraction of sp³-hybridized carbons (Fsp3) is 0.462. The van der Waals surface area contributed by atoms with E-state index in [1.807, 2.05) is 20.8 Å². The average Bonchev–Trinajstić information content (AvgIpc) is 3.02. The second-order valence-electron chi connectivity index (χ2n) is 4.33. The van der Waals surface area contributed by atoms with Crippen LogP contribution in [0.1, 0.15) is 29.9 Å². The summed E-state index contributed by atoms with van der Waals surface area (Å²) in [6, 6.07) is 0. The smallest absolute Gasteiger partial charge is 0.259 e. The molecular weight excluding hydrogens is 258 g/mol. The summed E-state index contributed by atoms with van der Waals surface area (Å²) < 4.78 is 8.60. The van der Waals surface area contributed by atoms with Gasteiger partial charge in [0.05, 0.1) is 29.3 Å². The summed E-state index contributed by atoms with van der Waals surface area (Å²) >= 11 is 0. The van der Waals surface area contributed by atoms with Crippen molar-refractivity contribution >= 4 is 11.6 Å². The third-order valence-electron chi connectivity index (χ3n) is 2.83. The molecule has 1 N–H and O–H groups in total. The number of amides is 1. The summed E-state index contributed by atoms with van der Waals surface area (Å²) in [6.07, 6.45) is 5.07. The Bertz CT molecular complexity index is 587. The van der Waals surface area contributed by atoms with Gasteiger partial charge in [0.1, 0.15) is 6.73 Å². The van der Waals surface area contributed by atoms with Crippen molar-refractivity contribution < 1.29 is 9.53 Å². The first-order chi connectivity index (χ1) is 9.63. The summed E-state index contributed by atoms with van der Waals surface area (Å²) in [6.45, 7) is 7.45. The number of rotatable bonds is 6. The molecule has 7 heteroatoms. The van der Waals surface area contributed by atoms with E-state index in [0.717, 1.165) is 6.54 Å². The van der Waals surface area contributed by atoms with E-state index < -0.39 is 0 Å². The first kappa shape index (κ1) is 14.3. The fourth-order valence-corrected chi connectivity index (χ4v) is 1.78. The Kier molecular flexibility index (Phi) is 4.52. The molecule has 0 bridgehead atoms. The highest BCUT2D eigenvalue weighted by Gasteiger charge is 2.13. The number of ether oxygens (including phenoxy) is 1. The Morgan fingerprint density at radius 1 is 1.35 bits per heavy atom. The lowest BCUT2D eigenvalue weighted by molar-refractivity contribution is 0.0792. The molecule has 7 nitrogen and oxygen atoms in total. The number of nitrogens with zero attached hydrogens (tertiary/aromatic N) is 4. The number of nitrogens with one attached hydrogen (secondary N) is 1. The Morgan fingerprint density at radius 3 is 2.80 bits per heavy atom. The Morgan fingerprint density at radius 2 is 2.15 bits per heavy atom. The lowest BCUT2D eigenvalue weighted by atomic mass is 10.2. The normalized spacial score (nSPS) is 10.8. The largest absolute Gasteiger partial charge is 0.360 e. The van der Waals surface area contributed by atoms with Crippen LogP contribution < -0.4 is 5.32 Å². The van der Waals surface area contributed by atoms with Gasteiger partial charge in [-0.1, -0.05) is 0 Å². The highest BCUT2D eigenvalue weighted by Crippen LogP contribution is 2.11. The third kappa shape index (κ3) is 3.24. The third-order valence-corrected chi connectivity index (χ3v) is 2.83. The molecule has 0 aliphatic rings. The molecule has 0 atom stereocenters. The van der Waals surface area contributed by atoms with Gasteiger partial charge in [-0.3, -0.25) is 9.48 Å². The van der Waals surface area contributed by atoms with Crippen LogP contribution >= 0.6 is 0 Å². The second kappa shape index (κ2) is 6.33. The minimum atomic E-state index is -0.182. The standard InChI is InChI=1S/C13H19N5O2/c1-4-17-8-12(10(3)16-17)13(19)15-11-6-14-18(7-11)9-20-5-2/h6-8H,4-5,9H2,1-3H3,(H,15,19). The van der Waals surface area contributed by atoms with Crippen molar-refractivity contribution in [1.82, 2.24) is 19.6 Å². The maximum atomic E-state index is 12.2. The molecule has 20 heavy (non-hydrogen) atoms. The molecule has 0 aliphatic heterocycles. The molecule has 2 aromatic rings. The highest BCUT2D eigenvalue weighted by molar-refractivity contribution is 6.04. The highest BCUT2D eigenvalue weighted by atomic mass is 16.5. The van der Waals surface area contributed by atoms with E-state index in [0.29, 0.717) is 30.3 Å². The zero-order valence-corrected chi connectivity index (χ0v) is 12.0. The van der Waals surface area contributed by atoms with Crippen LogP contribution in [0.4, 0.5) is 5.69 Å². The van der Waals surface area contributed by atoms with Gasteiger partial charge >= 0.3 is 0 Å². The predicted octanol–water partition coefficient (Wildman–Crippen LogP) is 1.65. The van der Waals surface area contributed by atoms with Crippen molar-refractivity contribution in [2.75, 3.05) is 11.9 Å². The molecule has 0 unspecified atom stereocenters. The molecule has 0 radical (unpaired) electrons. The molecule has 2 heterocycles. The molecular formula is C13H19N5O2. The number of aromatic nitrogens is 4. The zero-order chi connectivity index (χ0) is 14.5. The van der Waals surface area contributed by atoms with Crippen LogP contribution in [0, 0.1) is 6.92 Å². The monoisotopic (exact) mass is 277 g/mol. The van der Waals surface area contributed by atoms with E-state index in [9.17, 15) is 4.79 Å². The van der Waals surface area contributed by atoms with Gasteiger partial charge in [0.15, 0.2) is 0 Å². The van der Waals surface area contributed by atoms with Crippen molar-refractivity contribution in [3.8, 4) is 0 Å². The van der Waals surface area contributed by atoms with Crippen LogP contribution in [0.2, 0.25) is 0 Å². The van der Waals surface area contributed by atoms with Gasteiger partial charge in [0.2, 0.25) is 0 Å². The quantitative estimate of drug-likeness (QED) is 0.871. The summed E-state index contributed by atoms with van der Waals surface area (Å²) in [5.74, 6) is -0.182. The van der Waals surface area contributed by atoms with E-state index in [1.54, 1.807) is 28.0 Å². The maximum absolute atomic E-state index is 12.2. The van der Waals surface area contributed by atoms with E-state index in [4.69, 9.17) is 4.74 Å². The lowest BCUT2D eigenvalue weighted by Gasteiger charge is -2.01. The van der Waals surface area contributed by atoms with E-state index >= 15 is 0 Å². The summed E-state index contributed by atoms with van der Waals surface area (Å²) in [5, 5.41) is 11.2. The van der Waals surface area contributed by atoms with Gasteiger partial charge < -0.3 is 10.1 Å². The van der Waals surface area contributed by atoms with Gasteiger partial charge in [-0.05, 0) is 20.8 Å². The van der Waals surface area contributed by atoms with E-state index in [-0.39, 0.29) is 5.91 Å². The zero-order valence-electron chi connectivity index (χ0n) is 12.0. The van der Waals surface area contributed by atoms with Crippen molar-refractivity contribution in [2.45, 2.75) is 34.0 Å². The number of anilines is 1. The molecule has 1 amide bonds. The number of carbonyl (C=O) groups is 1. The SMILES string of the molecule is CCOCn1cc(NC(=O)c2cn(CC)nc2C)cn1. The molecule has 0 aromatic carbocycles. The van der Waals surface area contributed by atoms with Crippen LogP contribution in [0.3, 0.4) is 0 Å². The molecule has 108 valence electrons. The number of hydrogen-bond acceptors (Lipinski definition) is 4. The molecule has 0 saturated carbocycles. The summed E-state index contributed by atoms with van der Waals surface area (Å²) in [4.78, 5) is 12.2. The minimum absolute atomic E-state index is 0.182. The molecule has 2 rings (SSSR count). The first-order valence-corrected chi connectivity index (χ1v) is 6.59. The van der Waals surface area contributed by atoms with Gasteiger partial charge in [0, 0.05) is 19.3 Å². The fourth-order valence-electron chi connectivity index (χ4n) is 1.78. The van der Waals surface area contributed by atoms with Crippen LogP contribution in [-0.4, -0.2) is 32.1 Å². The van der Waals surface area contributed by atoms with Gasteiger partial charge in [-0.15, -0.1) is 0 Å². The molecule has 2 aromatic heterocycles. The second-order valence-corrected chi connectivity index (χ2v) is 4.33. The van der Waals surface area contributed by atoms with Gasteiger partial charge in [0.25, 0.3) is 5.91 Å². The van der Waals surface area contributed by atoms with Crippen LogP contribution in [-0.2, 0) is 18.0 Å². The van der Waals surface area contributed by atoms with Crippen LogP contribution in [0.15, 0.2) is 18.6 Å². The number of carbonyl (C=O) groups excluding carboxylic acids is 1. The van der Waals surface area contributed by atoms with Crippen LogP contribution in [0.25, 0.3) is 0 Å². The number of hydrogen-bond donors (Lipinski definition) is 1. The van der Waals surface area contributed by atoms with Crippen molar-refractivity contribution in [3.63, 3.8) is 0 Å². The Labute approximate surface area is 117 Å². The number of aryl methyl sites for hydroxylation is 2. The Balaban J connectivity index is 2.03. The summed E-state index contributed by atoms with van der Waals surface area (Å²) in [5.41, 5.74) is 1.92. The molecule has 0 saturated heterocycles. The molecule has 0 fully saturated rings. The van der Waals surface area contributed by atoms with Gasteiger partial charge in [-0.2, -0.15) is 10.2 Å². The van der Waals surface area contributed by atoms with E-state index in [1.165, 1.54) is 0 Å². The van der Waals surface area contributed by atoms with Crippen molar-refractivity contribution in [2.24, 2.45) is 0 Å². The lowest BCUT2D eigenvalue weighted by Crippen LogP contribution is -2.12. The first-order valence-electron chi connectivity index (χ1n) is 6.59. The topological polar surface area (TPSA) is 74.0 Å². The minimum Gasteiger partial charge on any atom is -0.360 e. The summed E-state index contributed by atoms with van der Waals surface area (Å²) in [7, 11) is 0. The predicted molar refractivity (Wildman–Crippen MR) is 74.4 cm³/mol. The van der Waals surface area contributed by atoms with Gasteiger partial charge in [-0.25, -0.2) is 4.68 Å². The Hall–Kier alpha value is -2.15. The van der Waals surface area contributed by atoms with Crippen molar-refractivity contribution in [1.29, 1.82) is 0 Å². The molecule has 0 aliphatic carbocycles.